The number of hydrogen-bond acceptors (Lipinski definition) is 7. The number of amides is 1. The first-order chi connectivity index (χ1) is 13.5. The highest BCUT2D eigenvalue weighted by Crippen LogP contribution is 2.14. The third-order valence-electron chi connectivity index (χ3n) is 4.30. The van der Waals surface area contributed by atoms with Crippen molar-refractivity contribution in [3.8, 4) is 5.75 Å². The number of hydrogen-bond donors (Lipinski definition) is 1. The molecule has 146 valence electrons. The molecule has 0 unspecified atom stereocenters. The molecule has 0 saturated heterocycles. The van der Waals surface area contributed by atoms with E-state index >= 15 is 0 Å². The van der Waals surface area contributed by atoms with Gasteiger partial charge in [-0.25, -0.2) is 9.50 Å². The Morgan fingerprint density at radius 1 is 1.25 bits per heavy atom. The fourth-order valence-corrected chi connectivity index (χ4v) is 2.79. The molecule has 0 aliphatic rings. The van der Waals surface area contributed by atoms with Crippen LogP contribution in [0, 0.1) is 13.8 Å². The van der Waals surface area contributed by atoms with Gasteiger partial charge in [-0.3, -0.25) is 9.59 Å². The van der Waals surface area contributed by atoms with E-state index in [9.17, 15) is 9.59 Å². The summed E-state index contributed by atoms with van der Waals surface area (Å²) in [5, 5.41) is 6.79. The lowest BCUT2D eigenvalue weighted by Crippen LogP contribution is -2.28. The monoisotopic (exact) mass is 383 g/mol. The van der Waals surface area contributed by atoms with Crippen molar-refractivity contribution in [1.29, 1.82) is 0 Å². The van der Waals surface area contributed by atoms with E-state index < -0.39 is 5.97 Å². The van der Waals surface area contributed by atoms with E-state index in [1.807, 2.05) is 31.2 Å². The van der Waals surface area contributed by atoms with Gasteiger partial charge in [0.1, 0.15) is 12.1 Å². The second kappa shape index (κ2) is 8.47. The maximum atomic E-state index is 12.2. The lowest BCUT2D eigenvalue weighted by atomic mass is 10.1. The van der Waals surface area contributed by atoms with Crippen LogP contribution in [0.4, 0.5) is 0 Å². The smallest absolute Gasteiger partial charge is 0.310 e. The molecule has 3 aromatic rings. The van der Waals surface area contributed by atoms with Gasteiger partial charge in [0.25, 0.3) is 11.7 Å². The standard InChI is InChI=1S/C19H21N5O4/c1-12-16(13(2)24-19(23-12)21-11-22-24)8-18(26)28-10-17(25)20-9-14-5-4-6-15(7-14)27-3/h4-7,11H,8-10H2,1-3H3,(H,20,25). The third kappa shape index (κ3) is 4.43. The van der Waals surface area contributed by atoms with Gasteiger partial charge < -0.3 is 14.8 Å². The number of carbonyl (C=O) groups excluding carboxylic acids is 2. The summed E-state index contributed by atoms with van der Waals surface area (Å²) >= 11 is 0. The SMILES string of the molecule is COc1cccc(CNC(=O)COC(=O)Cc2c(C)nc3ncnn3c2C)c1. The normalized spacial score (nSPS) is 10.7. The van der Waals surface area contributed by atoms with Crippen molar-refractivity contribution in [2.45, 2.75) is 26.8 Å². The molecule has 1 amide bonds. The van der Waals surface area contributed by atoms with E-state index in [0.717, 1.165) is 11.3 Å². The molecule has 28 heavy (non-hydrogen) atoms. The first kappa shape index (κ1) is 19.3. The van der Waals surface area contributed by atoms with Crippen LogP contribution in [0.25, 0.3) is 5.78 Å². The van der Waals surface area contributed by atoms with Gasteiger partial charge in [-0.15, -0.1) is 0 Å². The number of carbonyl (C=O) groups is 2. The molecule has 0 saturated carbocycles. The van der Waals surface area contributed by atoms with Crippen molar-refractivity contribution < 1.29 is 19.1 Å². The molecule has 9 heteroatoms. The second-order valence-electron chi connectivity index (χ2n) is 6.20. The van der Waals surface area contributed by atoms with Crippen molar-refractivity contribution in [1.82, 2.24) is 24.9 Å². The van der Waals surface area contributed by atoms with E-state index in [4.69, 9.17) is 9.47 Å². The summed E-state index contributed by atoms with van der Waals surface area (Å²) in [6, 6.07) is 7.35. The second-order valence-corrected chi connectivity index (χ2v) is 6.20. The quantitative estimate of drug-likeness (QED) is 0.610. The number of ether oxygens (including phenoxy) is 2. The molecule has 3 rings (SSSR count). The van der Waals surface area contributed by atoms with Gasteiger partial charge in [0.2, 0.25) is 0 Å². The average Bonchev–Trinajstić information content (AvgIpc) is 3.16. The molecule has 2 heterocycles. The fourth-order valence-electron chi connectivity index (χ4n) is 2.79. The van der Waals surface area contributed by atoms with Gasteiger partial charge >= 0.3 is 5.97 Å². The molecule has 0 fully saturated rings. The number of aromatic nitrogens is 4. The van der Waals surface area contributed by atoms with Crippen LogP contribution in [-0.4, -0.2) is 45.2 Å². The molecule has 1 aromatic carbocycles. The Kier molecular flexibility index (Phi) is 5.83. The molecule has 0 radical (unpaired) electrons. The van der Waals surface area contributed by atoms with E-state index in [-0.39, 0.29) is 18.9 Å². The minimum absolute atomic E-state index is 0.00360. The summed E-state index contributed by atoms with van der Waals surface area (Å²) in [4.78, 5) is 32.5. The molecule has 1 N–H and O–H groups in total. The van der Waals surface area contributed by atoms with Crippen molar-refractivity contribution in [2.24, 2.45) is 0 Å². The highest BCUT2D eigenvalue weighted by atomic mass is 16.5. The van der Waals surface area contributed by atoms with Crippen molar-refractivity contribution in [2.75, 3.05) is 13.7 Å². The van der Waals surface area contributed by atoms with E-state index in [0.29, 0.717) is 29.3 Å². The number of aryl methyl sites for hydroxylation is 2. The average molecular weight is 383 g/mol. The number of nitrogens with zero attached hydrogens (tertiary/aromatic N) is 4. The number of fused-ring (bicyclic) bond motifs is 1. The molecule has 0 aliphatic heterocycles. The lowest BCUT2D eigenvalue weighted by Gasteiger charge is -2.11. The summed E-state index contributed by atoms with van der Waals surface area (Å²) in [5.41, 5.74) is 3.04. The number of rotatable bonds is 7. The Labute approximate surface area is 161 Å². The van der Waals surface area contributed by atoms with Crippen LogP contribution in [0.1, 0.15) is 22.5 Å². The van der Waals surface area contributed by atoms with Crippen molar-refractivity contribution in [3.05, 3.63) is 53.1 Å². The minimum atomic E-state index is -0.510. The maximum absolute atomic E-state index is 12.2. The summed E-state index contributed by atoms with van der Waals surface area (Å²) in [7, 11) is 1.58. The van der Waals surface area contributed by atoms with Crippen LogP contribution in [0.15, 0.2) is 30.6 Å². The molecule has 9 nitrogen and oxygen atoms in total. The molecular formula is C19H21N5O4. The topological polar surface area (TPSA) is 108 Å². The molecule has 0 spiro atoms. The summed E-state index contributed by atoms with van der Waals surface area (Å²) in [6.45, 7) is 3.60. The zero-order valence-corrected chi connectivity index (χ0v) is 15.9. The predicted molar refractivity (Wildman–Crippen MR) is 99.8 cm³/mol. The van der Waals surface area contributed by atoms with Gasteiger partial charge in [-0.1, -0.05) is 12.1 Å². The number of esters is 1. The van der Waals surface area contributed by atoms with E-state index in [1.165, 1.54) is 6.33 Å². The van der Waals surface area contributed by atoms with Gasteiger partial charge in [0.15, 0.2) is 6.61 Å². The summed E-state index contributed by atoms with van der Waals surface area (Å²) < 4.78 is 11.8. The number of methoxy groups -OCH3 is 1. The highest BCUT2D eigenvalue weighted by molar-refractivity contribution is 5.81. The lowest BCUT2D eigenvalue weighted by molar-refractivity contribution is -0.147. The number of benzene rings is 1. The number of nitrogens with one attached hydrogen (secondary N) is 1. The van der Waals surface area contributed by atoms with Crippen LogP contribution >= 0.6 is 0 Å². The Bertz CT molecular complexity index is 1010. The van der Waals surface area contributed by atoms with Crippen LogP contribution in [-0.2, 0) is 27.3 Å². The third-order valence-corrected chi connectivity index (χ3v) is 4.30. The van der Waals surface area contributed by atoms with Crippen LogP contribution in [0.2, 0.25) is 0 Å². The van der Waals surface area contributed by atoms with Gasteiger partial charge in [0, 0.05) is 23.5 Å². The summed E-state index contributed by atoms with van der Waals surface area (Å²) in [6.07, 6.45) is 1.41. The van der Waals surface area contributed by atoms with Crippen LogP contribution < -0.4 is 10.1 Å². The summed E-state index contributed by atoms with van der Waals surface area (Å²) in [5.74, 6) is 0.296. The minimum Gasteiger partial charge on any atom is -0.497 e. The van der Waals surface area contributed by atoms with Crippen LogP contribution in [0.5, 0.6) is 5.75 Å². The zero-order chi connectivity index (χ0) is 20.1. The highest BCUT2D eigenvalue weighted by Gasteiger charge is 2.16. The first-order valence-corrected chi connectivity index (χ1v) is 8.69. The molecule has 2 aromatic heterocycles. The fraction of sp³-hybridized carbons (Fsp3) is 0.316. The van der Waals surface area contributed by atoms with Crippen LogP contribution in [0.3, 0.4) is 0 Å². The van der Waals surface area contributed by atoms with E-state index in [1.54, 1.807) is 18.5 Å². The molecular weight excluding hydrogens is 362 g/mol. The molecule has 0 bridgehead atoms. The maximum Gasteiger partial charge on any atom is 0.310 e. The Hall–Kier alpha value is -3.49. The predicted octanol–water partition coefficient (Wildman–Crippen LogP) is 1.15. The van der Waals surface area contributed by atoms with Gasteiger partial charge in [0.05, 0.1) is 13.5 Å². The molecule has 0 aliphatic carbocycles. The first-order valence-electron chi connectivity index (χ1n) is 8.69. The van der Waals surface area contributed by atoms with Gasteiger partial charge in [-0.2, -0.15) is 10.1 Å². The van der Waals surface area contributed by atoms with E-state index in [2.05, 4.69) is 20.4 Å². The van der Waals surface area contributed by atoms with Gasteiger partial charge in [-0.05, 0) is 31.5 Å². The largest absolute Gasteiger partial charge is 0.497 e. The Balaban J connectivity index is 1.52. The Morgan fingerprint density at radius 2 is 2.07 bits per heavy atom. The Morgan fingerprint density at radius 3 is 2.86 bits per heavy atom. The molecule has 0 atom stereocenters. The van der Waals surface area contributed by atoms with Crippen molar-refractivity contribution >= 4 is 17.7 Å². The van der Waals surface area contributed by atoms with Crippen molar-refractivity contribution in [3.63, 3.8) is 0 Å². The zero-order valence-electron chi connectivity index (χ0n) is 15.9.